The molecule has 4 aromatic rings. The van der Waals surface area contributed by atoms with Crippen molar-refractivity contribution >= 4 is 11.6 Å². The fraction of sp³-hybridized carbons (Fsp3) is 0.350. The highest BCUT2D eigenvalue weighted by atomic mass is 16.5. The van der Waals surface area contributed by atoms with Crippen molar-refractivity contribution in [3.8, 4) is 23.0 Å². The number of Topliss-reactive ketones (excluding diaryl/α,β-unsaturated/α-hetero) is 2. The van der Waals surface area contributed by atoms with Crippen LogP contribution in [-0.2, 0) is 35.3 Å². The van der Waals surface area contributed by atoms with Gasteiger partial charge in [0.25, 0.3) is 0 Å². The topological polar surface area (TPSA) is 93.1 Å². The first-order valence-electron chi connectivity index (χ1n) is 15.9. The Labute approximate surface area is 272 Å². The second-order valence-electron chi connectivity index (χ2n) is 14.3. The van der Waals surface area contributed by atoms with Gasteiger partial charge in [-0.15, -0.1) is 0 Å². The summed E-state index contributed by atoms with van der Waals surface area (Å²) >= 11 is 0. The van der Waals surface area contributed by atoms with E-state index in [0.29, 0.717) is 37.2 Å². The number of carbonyl (C=O) groups is 2. The smallest absolute Gasteiger partial charge is 0.175 e. The zero-order valence-corrected chi connectivity index (χ0v) is 27.7. The molecule has 6 nitrogen and oxygen atoms in total. The molecule has 0 radical (unpaired) electrons. The summed E-state index contributed by atoms with van der Waals surface area (Å²) in [6.45, 7) is 11.1. The van der Waals surface area contributed by atoms with Crippen LogP contribution in [0.2, 0.25) is 0 Å². The second kappa shape index (κ2) is 13.0. The van der Waals surface area contributed by atoms with Crippen LogP contribution in [0, 0.1) is 10.8 Å². The molecule has 0 aromatic heterocycles. The number of phenolic OH excluding ortho intramolecular Hbond substituents is 2. The Bertz CT molecular complexity index is 1550. The van der Waals surface area contributed by atoms with Crippen molar-refractivity contribution in [1.82, 2.24) is 0 Å². The van der Waals surface area contributed by atoms with Crippen molar-refractivity contribution in [1.29, 1.82) is 0 Å². The minimum absolute atomic E-state index is 0.0200. The van der Waals surface area contributed by atoms with Gasteiger partial charge in [-0.05, 0) is 44.5 Å². The number of hydrogen-bond donors (Lipinski definition) is 2. The van der Waals surface area contributed by atoms with E-state index in [2.05, 4.69) is 0 Å². The molecule has 2 N–H and O–H groups in total. The summed E-state index contributed by atoms with van der Waals surface area (Å²) < 4.78 is 12.6. The number of phenols is 2. The Hall–Kier alpha value is -4.58. The molecule has 0 amide bonds. The van der Waals surface area contributed by atoms with Gasteiger partial charge < -0.3 is 19.7 Å². The number of carbonyl (C=O) groups excluding carboxylic acids is 2. The van der Waals surface area contributed by atoms with Crippen LogP contribution in [0.3, 0.4) is 0 Å². The fourth-order valence-electron chi connectivity index (χ4n) is 5.59. The molecular formula is C40H44O6. The number of rotatable bonds is 6. The van der Waals surface area contributed by atoms with Crippen LogP contribution >= 0.6 is 0 Å². The van der Waals surface area contributed by atoms with E-state index in [4.69, 9.17) is 9.47 Å². The minimum Gasteiger partial charge on any atom is -0.507 e. The standard InChI is InChI=1S/C40H44O6/c1-39(2,3)33(41)23-45-37-29-15-9-16-30(37)20-26-12-8-14-28(36(26)44)22-32-18-10-17-31(38(32)46-24-34(42)40(4,5)6)21-27-13-7-11-25(19-29)35(27)43/h7-18,43-44H,19-24H2,1-6H3. The first-order chi connectivity index (χ1) is 21.7. The molecule has 0 saturated heterocycles. The number of para-hydroxylation sites is 4. The largest absolute Gasteiger partial charge is 0.507 e. The van der Waals surface area contributed by atoms with Crippen LogP contribution in [-0.4, -0.2) is 35.0 Å². The summed E-state index contributed by atoms with van der Waals surface area (Å²) in [5.74, 6) is 1.50. The average molecular weight is 621 g/mol. The van der Waals surface area contributed by atoms with Crippen molar-refractivity contribution < 1.29 is 29.3 Å². The van der Waals surface area contributed by atoms with E-state index in [-0.39, 0.29) is 36.3 Å². The van der Waals surface area contributed by atoms with Gasteiger partial charge in [0.2, 0.25) is 0 Å². The third-order valence-electron chi connectivity index (χ3n) is 8.65. The van der Waals surface area contributed by atoms with Crippen LogP contribution in [0.4, 0.5) is 0 Å². The molecule has 240 valence electrons. The lowest BCUT2D eigenvalue weighted by molar-refractivity contribution is -0.129. The molecule has 0 unspecified atom stereocenters. The van der Waals surface area contributed by atoms with Crippen LogP contribution in [0.1, 0.15) is 86.1 Å². The van der Waals surface area contributed by atoms with Gasteiger partial charge in [0, 0.05) is 36.5 Å². The first-order valence-corrected chi connectivity index (χ1v) is 15.9. The number of ether oxygens (including phenoxy) is 2. The Morgan fingerprint density at radius 2 is 0.739 bits per heavy atom. The monoisotopic (exact) mass is 620 g/mol. The summed E-state index contributed by atoms with van der Waals surface area (Å²) in [5.41, 5.74) is 5.12. The van der Waals surface area contributed by atoms with Gasteiger partial charge in [-0.25, -0.2) is 0 Å². The molecule has 46 heavy (non-hydrogen) atoms. The quantitative estimate of drug-likeness (QED) is 0.202. The van der Waals surface area contributed by atoms with E-state index in [1.165, 1.54) is 0 Å². The highest BCUT2D eigenvalue weighted by Crippen LogP contribution is 2.38. The van der Waals surface area contributed by atoms with E-state index in [1.807, 2.05) is 114 Å². The normalized spacial score (nSPS) is 13.2. The maximum atomic E-state index is 12.9. The van der Waals surface area contributed by atoms with Crippen molar-refractivity contribution in [3.05, 3.63) is 117 Å². The zero-order valence-electron chi connectivity index (χ0n) is 27.7. The third kappa shape index (κ3) is 7.28. The van der Waals surface area contributed by atoms with Crippen molar-refractivity contribution in [3.63, 3.8) is 0 Å². The van der Waals surface area contributed by atoms with Crippen LogP contribution < -0.4 is 9.47 Å². The number of benzene rings is 4. The molecule has 4 aromatic carbocycles. The predicted molar refractivity (Wildman–Crippen MR) is 180 cm³/mol. The predicted octanol–water partition coefficient (Wildman–Crippen LogP) is 7.76. The van der Waals surface area contributed by atoms with E-state index in [0.717, 1.165) is 44.5 Å². The van der Waals surface area contributed by atoms with Gasteiger partial charge in [-0.3, -0.25) is 9.59 Å². The molecular weight excluding hydrogens is 576 g/mol. The fourth-order valence-corrected chi connectivity index (χ4v) is 5.59. The molecule has 0 atom stereocenters. The summed E-state index contributed by atoms with van der Waals surface area (Å²) in [7, 11) is 0. The van der Waals surface area contributed by atoms with Gasteiger partial charge in [0.15, 0.2) is 11.6 Å². The average Bonchev–Trinajstić information content (AvgIpc) is 2.98. The molecule has 0 fully saturated rings. The number of aromatic hydroxyl groups is 2. The van der Waals surface area contributed by atoms with Crippen LogP contribution in [0.5, 0.6) is 23.0 Å². The molecule has 1 aliphatic carbocycles. The summed E-state index contributed by atoms with van der Waals surface area (Å²) in [6, 6.07) is 23.1. The van der Waals surface area contributed by atoms with E-state index < -0.39 is 10.8 Å². The number of ketones is 2. The molecule has 1 aliphatic rings. The molecule has 6 heteroatoms. The molecule has 0 saturated carbocycles. The second-order valence-corrected chi connectivity index (χ2v) is 14.3. The van der Waals surface area contributed by atoms with Crippen molar-refractivity contribution in [2.75, 3.05) is 13.2 Å². The van der Waals surface area contributed by atoms with Crippen molar-refractivity contribution in [2.45, 2.75) is 67.2 Å². The van der Waals surface area contributed by atoms with Crippen LogP contribution in [0.25, 0.3) is 0 Å². The molecule has 0 heterocycles. The van der Waals surface area contributed by atoms with Gasteiger partial charge in [0.05, 0.1) is 0 Å². The third-order valence-corrected chi connectivity index (χ3v) is 8.65. The van der Waals surface area contributed by atoms with Crippen molar-refractivity contribution in [2.24, 2.45) is 10.8 Å². The number of hydrogen-bond acceptors (Lipinski definition) is 6. The Balaban J connectivity index is 1.65. The lowest BCUT2D eigenvalue weighted by Crippen LogP contribution is -2.26. The summed E-state index contributed by atoms with van der Waals surface area (Å²) in [6.07, 6.45) is 1.51. The summed E-state index contributed by atoms with van der Waals surface area (Å²) in [4.78, 5) is 25.8. The summed E-state index contributed by atoms with van der Waals surface area (Å²) in [5, 5.41) is 23.1. The van der Waals surface area contributed by atoms with E-state index >= 15 is 0 Å². The SMILES string of the molecule is CC(C)(C)C(=O)COc1c2cccc1Cc1cccc(c1O)Cc1cccc(c1OCC(=O)C(C)(C)C)Cc1cccc(c1O)C2. The van der Waals surface area contributed by atoms with Gasteiger partial charge in [-0.2, -0.15) is 0 Å². The minimum atomic E-state index is -0.555. The Morgan fingerprint density at radius 1 is 0.500 bits per heavy atom. The molecule has 5 rings (SSSR count). The lowest BCUT2D eigenvalue weighted by Gasteiger charge is -2.22. The first kappa shape index (κ1) is 32.8. The van der Waals surface area contributed by atoms with Gasteiger partial charge in [0.1, 0.15) is 36.2 Å². The van der Waals surface area contributed by atoms with Crippen LogP contribution in [0.15, 0.2) is 72.8 Å². The van der Waals surface area contributed by atoms with E-state index in [1.54, 1.807) is 0 Å². The molecule has 0 aliphatic heterocycles. The highest BCUT2D eigenvalue weighted by molar-refractivity contribution is 5.85. The van der Waals surface area contributed by atoms with Gasteiger partial charge >= 0.3 is 0 Å². The zero-order chi connectivity index (χ0) is 33.2. The number of fused-ring (bicyclic) bond motifs is 8. The lowest BCUT2D eigenvalue weighted by atomic mass is 9.90. The molecule has 8 bridgehead atoms. The molecule has 0 spiro atoms. The highest BCUT2D eigenvalue weighted by Gasteiger charge is 2.25. The Kier molecular flexibility index (Phi) is 9.29. The maximum Gasteiger partial charge on any atom is 0.175 e. The Morgan fingerprint density at radius 3 is 0.978 bits per heavy atom. The maximum absolute atomic E-state index is 12.9. The van der Waals surface area contributed by atoms with Gasteiger partial charge in [-0.1, -0.05) is 114 Å². The van der Waals surface area contributed by atoms with E-state index in [9.17, 15) is 19.8 Å².